The highest BCUT2D eigenvalue weighted by atomic mass is 16.5. The number of ether oxygens (including phenoxy) is 1. The van der Waals surface area contributed by atoms with Crippen LogP contribution >= 0.6 is 0 Å². The molecule has 25 heavy (non-hydrogen) atoms. The number of amides is 1. The summed E-state index contributed by atoms with van der Waals surface area (Å²) < 4.78 is 5.74. The van der Waals surface area contributed by atoms with E-state index in [0.29, 0.717) is 12.2 Å². The zero-order valence-corrected chi connectivity index (χ0v) is 14.4. The van der Waals surface area contributed by atoms with Gasteiger partial charge in [0, 0.05) is 5.56 Å². The Kier molecular flexibility index (Phi) is 6.07. The lowest BCUT2D eigenvalue weighted by Crippen LogP contribution is -2.42. The van der Waals surface area contributed by atoms with Gasteiger partial charge in [-0.1, -0.05) is 49.6 Å². The molecule has 2 aromatic rings. The van der Waals surface area contributed by atoms with E-state index in [1.165, 1.54) is 0 Å². The molecule has 0 bridgehead atoms. The Morgan fingerprint density at radius 2 is 1.72 bits per heavy atom. The molecule has 4 heteroatoms. The summed E-state index contributed by atoms with van der Waals surface area (Å²) in [6, 6.07) is 17.0. The molecular formula is C21H25NO3. The highest BCUT2D eigenvalue weighted by Crippen LogP contribution is 2.19. The van der Waals surface area contributed by atoms with Crippen molar-refractivity contribution in [2.45, 2.75) is 50.9 Å². The first-order valence-electron chi connectivity index (χ1n) is 8.98. The number of aliphatic hydroxyl groups is 1. The third-order valence-corrected chi connectivity index (χ3v) is 4.66. The number of nitrogens with one attached hydrogen (secondary N) is 1. The van der Waals surface area contributed by atoms with Gasteiger partial charge in [-0.05, 0) is 42.7 Å². The number of carbonyl (C=O) groups excluding carboxylic acids is 1. The third kappa shape index (κ3) is 5.07. The highest BCUT2D eigenvalue weighted by molar-refractivity contribution is 5.94. The average Bonchev–Trinajstić information content (AvgIpc) is 2.86. The molecule has 132 valence electrons. The fourth-order valence-corrected chi connectivity index (χ4v) is 3.15. The van der Waals surface area contributed by atoms with E-state index in [2.05, 4.69) is 5.32 Å². The molecule has 2 N–H and O–H groups in total. The molecule has 3 rings (SSSR count). The predicted molar refractivity (Wildman–Crippen MR) is 97.6 cm³/mol. The molecule has 0 aliphatic heterocycles. The summed E-state index contributed by atoms with van der Waals surface area (Å²) in [5.74, 6) is 0.593. The van der Waals surface area contributed by atoms with Gasteiger partial charge in [-0.15, -0.1) is 0 Å². The van der Waals surface area contributed by atoms with Crippen LogP contribution in [-0.2, 0) is 6.61 Å². The van der Waals surface area contributed by atoms with Crippen LogP contribution in [0.2, 0.25) is 0 Å². The second kappa shape index (κ2) is 8.67. The van der Waals surface area contributed by atoms with E-state index in [4.69, 9.17) is 4.74 Å². The maximum Gasteiger partial charge on any atom is 0.251 e. The molecule has 2 aromatic carbocycles. The van der Waals surface area contributed by atoms with Crippen LogP contribution in [0.15, 0.2) is 54.6 Å². The molecule has 2 atom stereocenters. The van der Waals surface area contributed by atoms with Crippen LogP contribution in [0.3, 0.4) is 0 Å². The van der Waals surface area contributed by atoms with Crippen molar-refractivity contribution in [3.8, 4) is 5.75 Å². The maximum atomic E-state index is 12.4. The van der Waals surface area contributed by atoms with E-state index in [-0.39, 0.29) is 11.9 Å². The van der Waals surface area contributed by atoms with Crippen LogP contribution in [0.1, 0.15) is 48.0 Å². The van der Waals surface area contributed by atoms with Crippen molar-refractivity contribution >= 4 is 5.91 Å². The molecule has 1 amide bonds. The molecule has 0 spiro atoms. The van der Waals surface area contributed by atoms with Crippen molar-refractivity contribution in [1.29, 1.82) is 0 Å². The molecule has 1 aliphatic carbocycles. The van der Waals surface area contributed by atoms with Crippen LogP contribution in [0.25, 0.3) is 0 Å². The van der Waals surface area contributed by atoms with Crippen molar-refractivity contribution in [2.24, 2.45) is 0 Å². The summed E-state index contributed by atoms with van der Waals surface area (Å²) in [6.07, 6.45) is 4.36. The van der Waals surface area contributed by atoms with Crippen LogP contribution in [-0.4, -0.2) is 23.2 Å². The summed E-state index contributed by atoms with van der Waals surface area (Å²) in [6.45, 7) is 0.501. The van der Waals surface area contributed by atoms with Gasteiger partial charge in [-0.3, -0.25) is 4.79 Å². The van der Waals surface area contributed by atoms with Crippen molar-refractivity contribution in [2.75, 3.05) is 0 Å². The standard InChI is InChI=1S/C21H25NO3/c23-20-10-6-2-5-9-19(20)22-21(24)17-11-13-18(14-12-17)25-15-16-7-3-1-4-8-16/h1,3-4,7-8,11-14,19-20,23H,2,5-6,9-10,15H2,(H,22,24). The predicted octanol–water partition coefficient (Wildman–Crippen LogP) is 3.69. The van der Waals surface area contributed by atoms with Crippen molar-refractivity contribution in [1.82, 2.24) is 5.32 Å². The normalized spacial score (nSPS) is 20.5. The molecule has 0 aromatic heterocycles. The lowest BCUT2D eigenvalue weighted by atomic mass is 10.1. The van der Waals surface area contributed by atoms with Gasteiger partial charge < -0.3 is 15.2 Å². The van der Waals surface area contributed by atoms with Crippen LogP contribution in [0.4, 0.5) is 0 Å². The molecule has 4 nitrogen and oxygen atoms in total. The number of hydrogen-bond acceptors (Lipinski definition) is 3. The van der Waals surface area contributed by atoms with E-state index < -0.39 is 6.10 Å². The SMILES string of the molecule is O=C(NC1CCCCCC1O)c1ccc(OCc2ccccc2)cc1. The number of rotatable bonds is 5. The van der Waals surface area contributed by atoms with Crippen LogP contribution < -0.4 is 10.1 Å². The summed E-state index contributed by atoms with van der Waals surface area (Å²) in [7, 11) is 0. The summed E-state index contributed by atoms with van der Waals surface area (Å²) in [4.78, 5) is 12.4. The van der Waals surface area contributed by atoms with Gasteiger partial charge >= 0.3 is 0 Å². The van der Waals surface area contributed by atoms with E-state index in [1.54, 1.807) is 24.3 Å². The number of carbonyl (C=O) groups is 1. The van der Waals surface area contributed by atoms with E-state index in [9.17, 15) is 9.90 Å². The Morgan fingerprint density at radius 3 is 2.48 bits per heavy atom. The molecule has 2 unspecified atom stereocenters. The maximum absolute atomic E-state index is 12.4. The van der Waals surface area contributed by atoms with Gasteiger partial charge in [0.1, 0.15) is 12.4 Å². The fraction of sp³-hybridized carbons (Fsp3) is 0.381. The van der Waals surface area contributed by atoms with Crippen molar-refractivity contribution in [3.63, 3.8) is 0 Å². The Hall–Kier alpha value is -2.33. The summed E-state index contributed by atoms with van der Waals surface area (Å²) in [5.41, 5.74) is 1.69. The molecular weight excluding hydrogens is 314 g/mol. The number of hydrogen-bond donors (Lipinski definition) is 2. The lowest BCUT2D eigenvalue weighted by molar-refractivity contribution is 0.0818. The van der Waals surface area contributed by atoms with Crippen LogP contribution in [0.5, 0.6) is 5.75 Å². The van der Waals surface area contributed by atoms with Gasteiger partial charge in [-0.2, -0.15) is 0 Å². The topological polar surface area (TPSA) is 58.6 Å². The molecule has 0 saturated heterocycles. The average molecular weight is 339 g/mol. The zero-order chi connectivity index (χ0) is 17.5. The van der Waals surface area contributed by atoms with E-state index in [0.717, 1.165) is 43.4 Å². The zero-order valence-electron chi connectivity index (χ0n) is 14.4. The quantitative estimate of drug-likeness (QED) is 0.817. The lowest BCUT2D eigenvalue weighted by Gasteiger charge is -2.21. The molecule has 0 radical (unpaired) electrons. The smallest absolute Gasteiger partial charge is 0.251 e. The second-order valence-corrected chi connectivity index (χ2v) is 6.58. The summed E-state index contributed by atoms with van der Waals surface area (Å²) in [5, 5.41) is 13.1. The first-order valence-corrected chi connectivity index (χ1v) is 8.98. The minimum atomic E-state index is -0.445. The Labute approximate surface area is 148 Å². The minimum absolute atomic E-state index is 0.138. The Bertz CT molecular complexity index is 669. The molecule has 0 heterocycles. The number of aliphatic hydroxyl groups excluding tert-OH is 1. The second-order valence-electron chi connectivity index (χ2n) is 6.58. The molecule has 1 aliphatic rings. The molecule has 1 saturated carbocycles. The van der Waals surface area contributed by atoms with E-state index >= 15 is 0 Å². The van der Waals surface area contributed by atoms with Gasteiger partial charge in [0.05, 0.1) is 12.1 Å². The highest BCUT2D eigenvalue weighted by Gasteiger charge is 2.23. The van der Waals surface area contributed by atoms with Crippen LogP contribution in [0, 0.1) is 0 Å². The third-order valence-electron chi connectivity index (χ3n) is 4.66. The first-order chi connectivity index (χ1) is 12.2. The molecule has 1 fully saturated rings. The minimum Gasteiger partial charge on any atom is -0.489 e. The first kappa shape index (κ1) is 17.5. The Balaban J connectivity index is 1.55. The van der Waals surface area contributed by atoms with Gasteiger partial charge in [0.2, 0.25) is 0 Å². The fourth-order valence-electron chi connectivity index (χ4n) is 3.15. The number of benzene rings is 2. The van der Waals surface area contributed by atoms with E-state index in [1.807, 2.05) is 30.3 Å². The monoisotopic (exact) mass is 339 g/mol. The summed E-state index contributed by atoms with van der Waals surface area (Å²) >= 11 is 0. The Morgan fingerprint density at radius 1 is 1.00 bits per heavy atom. The van der Waals surface area contributed by atoms with Gasteiger partial charge in [0.25, 0.3) is 5.91 Å². The van der Waals surface area contributed by atoms with Gasteiger partial charge in [0.15, 0.2) is 0 Å². The largest absolute Gasteiger partial charge is 0.489 e. The van der Waals surface area contributed by atoms with Crippen molar-refractivity contribution < 1.29 is 14.6 Å². The van der Waals surface area contributed by atoms with Crippen molar-refractivity contribution in [3.05, 3.63) is 65.7 Å². The van der Waals surface area contributed by atoms with Gasteiger partial charge in [-0.25, -0.2) is 0 Å².